The van der Waals surface area contributed by atoms with Crippen LogP contribution >= 0.6 is 0 Å². The number of H-pyrrole nitrogens is 1. The normalized spacial score (nSPS) is 10.5. The van der Waals surface area contributed by atoms with Gasteiger partial charge >= 0.3 is 0 Å². The average molecular weight is 257 g/mol. The molecule has 0 bridgehead atoms. The maximum absolute atomic E-state index is 12.0. The van der Waals surface area contributed by atoms with Crippen LogP contribution in [-0.2, 0) is 11.2 Å². The summed E-state index contributed by atoms with van der Waals surface area (Å²) in [7, 11) is 0. The molecular weight excluding hydrogens is 238 g/mol. The van der Waals surface area contributed by atoms with Crippen LogP contribution in [0.4, 0.5) is 5.69 Å². The number of nitrogens with zero attached hydrogens (tertiary/aromatic N) is 1. The van der Waals surface area contributed by atoms with Crippen LogP contribution in [0.3, 0.4) is 0 Å². The molecule has 0 radical (unpaired) electrons. The molecule has 1 amide bonds. The van der Waals surface area contributed by atoms with E-state index in [1.807, 2.05) is 26.8 Å². The number of aryl methyl sites for hydroxylation is 4. The predicted octanol–water partition coefficient (Wildman–Crippen LogP) is 2.82. The van der Waals surface area contributed by atoms with E-state index in [4.69, 9.17) is 0 Å². The Morgan fingerprint density at radius 2 is 1.79 bits per heavy atom. The van der Waals surface area contributed by atoms with E-state index in [9.17, 15) is 4.79 Å². The Hall–Kier alpha value is -2.10. The number of nitrogens with one attached hydrogen (secondary N) is 2. The predicted molar refractivity (Wildman–Crippen MR) is 76.3 cm³/mol. The van der Waals surface area contributed by atoms with Crippen LogP contribution < -0.4 is 5.32 Å². The zero-order chi connectivity index (χ0) is 14.0. The number of hydrogen-bond acceptors (Lipinski definition) is 2. The average Bonchev–Trinajstić information content (AvgIpc) is 2.69. The third-order valence-electron chi connectivity index (χ3n) is 3.04. The summed E-state index contributed by atoms with van der Waals surface area (Å²) in [6.45, 7) is 7.99. The number of rotatable bonds is 3. The topological polar surface area (TPSA) is 57.8 Å². The number of anilines is 1. The van der Waals surface area contributed by atoms with Crippen LogP contribution in [0.1, 0.15) is 28.1 Å². The van der Waals surface area contributed by atoms with Gasteiger partial charge in [0.1, 0.15) is 0 Å². The Morgan fingerprint density at radius 1 is 1.16 bits per heavy atom. The highest BCUT2D eigenvalue weighted by Crippen LogP contribution is 2.22. The van der Waals surface area contributed by atoms with E-state index in [0.717, 1.165) is 28.2 Å². The van der Waals surface area contributed by atoms with Crippen molar-refractivity contribution in [2.75, 3.05) is 5.32 Å². The molecule has 4 heteroatoms. The van der Waals surface area contributed by atoms with E-state index in [1.165, 1.54) is 5.56 Å². The molecule has 0 aliphatic rings. The third-order valence-corrected chi connectivity index (χ3v) is 3.04. The lowest BCUT2D eigenvalue weighted by Gasteiger charge is -2.12. The summed E-state index contributed by atoms with van der Waals surface area (Å²) in [5.41, 5.74) is 6.01. The molecule has 1 heterocycles. The number of carbonyl (C=O) groups excluding carboxylic acids is 1. The van der Waals surface area contributed by atoms with Crippen LogP contribution in [0.25, 0.3) is 0 Å². The van der Waals surface area contributed by atoms with Gasteiger partial charge in [-0.25, -0.2) is 0 Å². The molecule has 0 unspecified atom stereocenters. The summed E-state index contributed by atoms with van der Waals surface area (Å²) in [6.07, 6.45) is 0.289. The minimum Gasteiger partial charge on any atom is -0.325 e. The molecule has 2 rings (SSSR count). The molecule has 0 aliphatic heterocycles. The molecule has 2 N–H and O–H groups in total. The number of amides is 1. The second-order valence-electron chi connectivity index (χ2n) is 5.04. The Morgan fingerprint density at radius 3 is 2.32 bits per heavy atom. The van der Waals surface area contributed by atoms with Crippen LogP contribution in [0.5, 0.6) is 0 Å². The molecular formula is C15H19N3O. The van der Waals surface area contributed by atoms with E-state index < -0.39 is 0 Å². The zero-order valence-corrected chi connectivity index (χ0v) is 11.8. The molecule has 100 valence electrons. The highest BCUT2D eigenvalue weighted by atomic mass is 16.1. The first kappa shape index (κ1) is 13.3. The van der Waals surface area contributed by atoms with Crippen LogP contribution in [0.15, 0.2) is 18.2 Å². The molecule has 0 saturated heterocycles. The van der Waals surface area contributed by atoms with Gasteiger partial charge in [-0.15, -0.1) is 0 Å². The van der Waals surface area contributed by atoms with Crippen molar-refractivity contribution >= 4 is 11.6 Å². The summed E-state index contributed by atoms with van der Waals surface area (Å²) in [6, 6.07) is 6.02. The Balaban J connectivity index is 2.11. The van der Waals surface area contributed by atoms with Crippen molar-refractivity contribution in [2.45, 2.75) is 34.1 Å². The molecule has 0 aliphatic carbocycles. The fourth-order valence-electron chi connectivity index (χ4n) is 2.29. The summed E-state index contributed by atoms with van der Waals surface area (Å²) >= 11 is 0. The molecule has 0 atom stereocenters. The monoisotopic (exact) mass is 257 g/mol. The minimum absolute atomic E-state index is 0.0402. The van der Waals surface area contributed by atoms with Gasteiger partial charge < -0.3 is 5.32 Å². The van der Waals surface area contributed by atoms with Gasteiger partial charge in [0.15, 0.2) is 0 Å². The number of aromatic amines is 1. The summed E-state index contributed by atoms with van der Waals surface area (Å²) in [5, 5.41) is 9.88. The van der Waals surface area contributed by atoms with E-state index in [0.29, 0.717) is 0 Å². The summed E-state index contributed by atoms with van der Waals surface area (Å²) in [5.74, 6) is -0.0402. The first-order chi connectivity index (χ1) is 8.95. The van der Waals surface area contributed by atoms with E-state index >= 15 is 0 Å². The van der Waals surface area contributed by atoms with Gasteiger partial charge in [0.2, 0.25) is 5.91 Å². The molecule has 0 saturated carbocycles. The molecule has 1 aromatic heterocycles. The molecule has 0 fully saturated rings. The molecule has 2 aromatic rings. The Bertz CT molecular complexity index is 591. The molecule has 19 heavy (non-hydrogen) atoms. The summed E-state index contributed by atoms with van der Waals surface area (Å²) in [4.78, 5) is 12.0. The van der Waals surface area contributed by atoms with Crippen molar-refractivity contribution in [1.82, 2.24) is 10.2 Å². The lowest BCUT2D eigenvalue weighted by atomic mass is 10.0. The van der Waals surface area contributed by atoms with Gasteiger partial charge in [-0.2, -0.15) is 5.10 Å². The third kappa shape index (κ3) is 3.22. The Labute approximate surface area is 113 Å². The Kier molecular flexibility index (Phi) is 3.69. The highest BCUT2D eigenvalue weighted by molar-refractivity contribution is 5.93. The number of benzene rings is 1. The number of hydrogen-bond donors (Lipinski definition) is 2. The lowest BCUT2D eigenvalue weighted by Crippen LogP contribution is -2.16. The smallest absolute Gasteiger partial charge is 0.230 e. The van der Waals surface area contributed by atoms with Crippen LogP contribution in [0, 0.1) is 27.7 Å². The van der Waals surface area contributed by atoms with Gasteiger partial charge in [0.05, 0.1) is 12.1 Å². The molecule has 4 nitrogen and oxygen atoms in total. The maximum atomic E-state index is 12.0. The van der Waals surface area contributed by atoms with Gasteiger partial charge in [-0.05, 0) is 44.9 Å². The van der Waals surface area contributed by atoms with Gasteiger partial charge in [-0.1, -0.05) is 17.7 Å². The zero-order valence-electron chi connectivity index (χ0n) is 11.8. The van der Waals surface area contributed by atoms with Crippen molar-refractivity contribution in [3.8, 4) is 0 Å². The minimum atomic E-state index is -0.0402. The number of aromatic nitrogens is 2. The fraction of sp³-hybridized carbons (Fsp3) is 0.333. The lowest BCUT2D eigenvalue weighted by molar-refractivity contribution is -0.115. The summed E-state index contributed by atoms with van der Waals surface area (Å²) < 4.78 is 0. The van der Waals surface area contributed by atoms with E-state index in [1.54, 1.807) is 0 Å². The van der Waals surface area contributed by atoms with Crippen molar-refractivity contribution in [3.63, 3.8) is 0 Å². The second kappa shape index (κ2) is 5.26. The van der Waals surface area contributed by atoms with E-state index in [2.05, 4.69) is 34.6 Å². The van der Waals surface area contributed by atoms with Crippen molar-refractivity contribution in [1.29, 1.82) is 0 Å². The first-order valence-corrected chi connectivity index (χ1v) is 6.34. The second-order valence-corrected chi connectivity index (χ2v) is 5.04. The molecule has 1 aromatic carbocycles. The van der Waals surface area contributed by atoms with Crippen LogP contribution in [-0.4, -0.2) is 16.1 Å². The van der Waals surface area contributed by atoms with Gasteiger partial charge in [0.25, 0.3) is 0 Å². The van der Waals surface area contributed by atoms with Crippen molar-refractivity contribution in [2.24, 2.45) is 0 Å². The first-order valence-electron chi connectivity index (χ1n) is 6.34. The highest BCUT2D eigenvalue weighted by Gasteiger charge is 2.10. The molecule has 0 spiro atoms. The quantitative estimate of drug-likeness (QED) is 0.888. The fourth-order valence-corrected chi connectivity index (χ4v) is 2.29. The SMILES string of the molecule is Cc1cc(C)c(NC(=O)Cc2cc(C)[nH]n2)c(C)c1. The maximum Gasteiger partial charge on any atom is 0.230 e. The van der Waals surface area contributed by atoms with Gasteiger partial charge in [0, 0.05) is 11.4 Å². The van der Waals surface area contributed by atoms with E-state index in [-0.39, 0.29) is 12.3 Å². The standard InChI is InChI=1S/C15H19N3O/c1-9-5-10(2)15(11(3)6-9)16-14(19)8-13-7-12(4)17-18-13/h5-7H,8H2,1-4H3,(H,16,19)(H,17,18). The number of carbonyl (C=O) groups is 1. The van der Waals surface area contributed by atoms with Gasteiger partial charge in [-0.3, -0.25) is 9.89 Å². The van der Waals surface area contributed by atoms with Crippen LogP contribution in [0.2, 0.25) is 0 Å². The van der Waals surface area contributed by atoms with Crippen molar-refractivity contribution < 1.29 is 4.79 Å². The largest absolute Gasteiger partial charge is 0.325 e. The van der Waals surface area contributed by atoms with Crippen molar-refractivity contribution in [3.05, 3.63) is 46.3 Å².